The van der Waals surface area contributed by atoms with Crippen LogP contribution in [0.3, 0.4) is 0 Å². The number of benzene rings is 6. The summed E-state index contributed by atoms with van der Waals surface area (Å²) in [4.78, 5) is 50.0. The molecule has 12 rings (SSSR count). The second-order valence-electron chi connectivity index (χ2n) is 30.6. The molecule has 0 aliphatic rings. The molecule has 12 aromatic rings. The predicted molar refractivity (Wildman–Crippen MR) is 566 cm³/mol. The van der Waals surface area contributed by atoms with E-state index >= 15 is 0 Å². The van der Waals surface area contributed by atoms with Crippen molar-refractivity contribution in [2.45, 2.75) is 225 Å². The Morgan fingerprint density at radius 3 is 0.985 bits per heavy atom. The molecule has 42 heteroatoms. The minimum atomic E-state index is -0.420. The number of unbranched alkanes of at least 4 members (excludes halogenated alkanes) is 5. The number of nitrogens with zero attached hydrogens (tertiary/aromatic N) is 12. The molecule has 0 saturated carbocycles. The average Bonchev–Trinajstić information content (AvgIpc) is 0.826. The second-order valence-corrected chi connectivity index (χ2v) is 30.6. The molecule has 6 atom stereocenters. The van der Waals surface area contributed by atoms with E-state index in [-0.39, 0.29) is 216 Å². The Morgan fingerprint density at radius 1 is 0.278 bits per heavy atom. The Balaban J connectivity index is 0.000000791. The van der Waals surface area contributed by atoms with Crippen LogP contribution < -0.4 is 75.8 Å². The van der Waals surface area contributed by atoms with Gasteiger partial charge in [-0.15, -0.1) is 0 Å². The summed E-state index contributed by atoms with van der Waals surface area (Å²) >= 11 is 0. The predicted octanol–water partition coefficient (Wildman–Crippen LogP) is 16.3. The van der Waals surface area contributed by atoms with Crippen LogP contribution in [0, 0.1) is 23.3 Å². The Bertz CT molecular complexity index is 5300. The van der Waals surface area contributed by atoms with Crippen LogP contribution in [0.2, 0.25) is 0 Å². The Labute approximate surface area is 818 Å². The number of nitrogens with one attached hydrogen (secondary N) is 6. The number of aliphatic hydroxyl groups is 6. The van der Waals surface area contributed by atoms with Gasteiger partial charge in [0.1, 0.15) is 75.2 Å². The van der Waals surface area contributed by atoms with Crippen LogP contribution in [0.4, 0.5) is 88.2 Å². The normalized spacial score (nSPS) is 11.9. The van der Waals surface area contributed by atoms with Crippen LogP contribution in [0.15, 0.2) is 109 Å². The molecule has 0 spiro atoms. The van der Waals surface area contributed by atoms with Gasteiger partial charge in [-0.1, -0.05) is 124 Å². The van der Waals surface area contributed by atoms with E-state index < -0.39 is 5.82 Å². The molecular weight excluding hydrogens is 1830 g/mol. The van der Waals surface area contributed by atoms with Crippen molar-refractivity contribution < 1.29 is 57.7 Å². The molecule has 0 bridgehead atoms. The first-order chi connectivity index (χ1) is 61.4. The number of aromatic nitrogens is 12. The van der Waals surface area contributed by atoms with Gasteiger partial charge in [0.15, 0.2) is 0 Å². The summed E-state index contributed by atoms with van der Waals surface area (Å²) in [6.07, 6.45) is 21.1. The number of halogens is 4. The molecule has 6 aromatic carbocycles. The monoisotopic (exact) mass is 1970 g/mol. The topological polar surface area (TPSA) is 523 Å². The van der Waals surface area contributed by atoms with Crippen molar-refractivity contribution in [2.75, 3.05) is 120 Å². The van der Waals surface area contributed by atoms with E-state index in [1.165, 1.54) is 36.4 Å². The molecule has 0 aliphatic carbocycles. The number of fused-ring (bicyclic) bond motifs is 6. The Morgan fingerprint density at radius 2 is 0.579 bits per heavy atom. The van der Waals surface area contributed by atoms with Crippen molar-refractivity contribution in [2.24, 2.45) is 0 Å². The molecule has 32 nitrogen and oxygen atoms in total. The van der Waals surface area contributed by atoms with E-state index in [1.54, 1.807) is 50.6 Å². The van der Waals surface area contributed by atoms with E-state index in [4.69, 9.17) is 59.2 Å². The maximum atomic E-state index is 14.1. The van der Waals surface area contributed by atoms with E-state index in [0.29, 0.717) is 106 Å². The quantitative estimate of drug-likeness (QED) is 0.0158. The van der Waals surface area contributed by atoms with E-state index in [0.717, 1.165) is 148 Å². The zero-order valence-electron chi connectivity index (χ0n) is 77.2. The maximum Gasteiger partial charge on any atom is 0.222 e. The van der Waals surface area contributed by atoms with Crippen LogP contribution in [0.25, 0.3) is 65.4 Å². The molecular formula is C91H142F4N24O8S6. The highest BCUT2D eigenvalue weighted by Crippen LogP contribution is 2.33. The van der Waals surface area contributed by atoms with Crippen molar-refractivity contribution in [3.8, 4) is 11.5 Å². The summed E-state index contributed by atoms with van der Waals surface area (Å²) < 4.78 is 65.1. The molecule has 6 heterocycles. The Kier molecular flexibility index (Phi) is 59.9. The molecule has 738 valence electrons. The van der Waals surface area contributed by atoms with Crippen LogP contribution in [0.5, 0.6) is 11.5 Å². The van der Waals surface area contributed by atoms with Crippen molar-refractivity contribution in [1.29, 1.82) is 0 Å². The lowest BCUT2D eigenvalue weighted by Crippen LogP contribution is -2.22. The molecule has 0 radical (unpaired) electrons. The summed E-state index contributed by atoms with van der Waals surface area (Å²) in [5.74, 6) is 4.24. The number of nitrogens with two attached hydrogens (primary N) is 6. The third kappa shape index (κ3) is 39.5. The fraction of sp³-hybridized carbons (Fsp3) is 0.473. The van der Waals surface area contributed by atoms with Gasteiger partial charge in [0.2, 0.25) is 35.7 Å². The number of anilines is 12. The first-order valence-electron chi connectivity index (χ1n) is 43.8. The van der Waals surface area contributed by atoms with E-state index in [2.05, 4.69) is 133 Å². The van der Waals surface area contributed by atoms with Crippen LogP contribution in [0.1, 0.15) is 189 Å². The minimum Gasteiger partial charge on any atom is -0.497 e. The first-order valence-corrected chi connectivity index (χ1v) is 43.8. The third-order valence-corrected chi connectivity index (χ3v) is 20.7. The molecule has 133 heavy (non-hydrogen) atoms. The van der Waals surface area contributed by atoms with Crippen molar-refractivity contribution >= 4 is 217 Å². The van der Waals surface area contributed by atoms with E-state index in [1.807, 2.05) is 36.4 Å². The largest absolute Gasteiger partial charge is 0.497 e. The fourth-order valence-electron chi connectivity index (χ4n) is 14.1. The number of ether oxygens (including phenoxy) is 2. The summed E-state index contributed by atoms with van der Waals surface area (Å²) in [6.45, 7) is 13.4. The summed E-state index contributed by atoms with van der Waals surface area (Å²) in [6, 6.07) is 29.9. The highest BCUT2D eigenvalue weighted by atomic mass is 32.1. The molecule has 0 fully saturated rings. The van der Waals surface area contributed by atoms with Gasteiger partial charge in [-0.25, -0.2) is 47.5 Å². The molecule has 0 amide bonds. The number of nitrogen functional groups attached to an aromatic ring is 6. The molecule has 0 unspecified atom stereocenters. The SMILES string of the molecule is CCCC[C@@H](CCO)Nc1nc(N)nc2c(F)cccc12.CCCC[C@@H](CCO)Nc1nc(N)nc2cc(F)ccc12.CCCC[C@@H](CCO)Nc1nc(N)nc2cc(OC)ccc12.CCCC[C@@H](CCO)Nc1nc(N)nc2ccc(F)cc12.CCCC[C@@H](CCO)Nc1nc(N)nc2cccc(F)c12.CCC[C@@H](CCO)Nc1nc(N)nc2ccc(OC)cc12.S.S.S.S.S.S. The zero-order valence-corrected chi connectivity index (χ0v) is 83.2. The minimum absolute atomic E-state index is 0. The summed E-state index contributed by atoms with van der Waals surface area (Å²) in [7, 11) is 3.24. The highest BCUT2D eigenvalue weighted by molar-refractivity contribution is 7.60. The number of hydrogen-bond donors (Lipinski definition) is 18. The number of para-hydroxylation sites is 1. The van der Waals surface area contributed by atoms with Crippen LogP contribution in [-0.2, 0) is 0 Å². The van der Waals surface area contributed by atoms with Crippen LogP contribution >= 0.6 is 81.0 Å². The van der Waals surface area contributed by atoms with Crippen LogP contribution in [-0.4, -0.2) is 181 Å². The summed E-state index contributed by atoms with van der Waals surface area (Å²) in [5, 5.41) is 78.9. The number of hydrogen-bond acceptors (Lipinski definition) is 32. The summed E-state index contributed by atoms with van der Waals surface area (Å²) in [5.41, 5.74) is 37.6. The van der Waals surface area contributed by atoms with Gasteiger partial charge >= 0.3 is 0 Å². The highest BCUT2D eigenvalue weighted by Gasteiger charge is 2.22. The molecule has 24 N–H and O–H groups in total. The lowest BCUT2D eigenvalue weighted by Gasteiger charge is -2.19. The van der Waals surface area contributed by atoms with Gasteiger partial charge < -0.3 is 106 Å². The lowest BCUT2D eigenvalue weighted by molar-refractivity contribution is 0.275. The average molecular weight is 1970 g/mol. The lowest BCUT2D eigenvalue weighted by atomic mass is 10.1. The number of aliphatic hydroxyl groups excluding tert-OH is 6. The second kappa shape index (κ2) is 65.7. The smallest absolute Gasteiger partial charge is 0.222 e. The van der Waals surface area contributed by atoms with Crippen molar-refractivity contribution in [1.82, 2.24) is 59.8 Å². The van der Waals surface area contributed by atoms with Gasteiger partial charge in [0.25, 0.3) is 0 Å². The fourth-order valence-corrected chi connectivity index (χ4v) is 14.1. The van der Waals surface area contributed by atoms with Gasteiger partial charge in [0.05, 0.1) is 47.2 Å². The first kappa shape index (κ1) is 121. The molecule has 0 saturated heterocycles. The van der Waals surface area contributed by atoms with E-state index in [9.17, 15) is 32.9 Å². The number of rotatable bonds is 43. The van der Waals surface area contributed by atoms with Gasteiger partial charge in [-0.3, -0.25) is 0 Å². The maximum absolute atomic E-state index is 14.1. The van der Waals surface area contributed by atoms with Gasteiger partial charge in [-0.2, -0.15) is 111 Å². The third-order valence-electron chi connectivity index (χ3n) is 20.7. The Hall–Kier alpha value is -9.86. The van der Waals surface area contributed by atoms with Gasteiger partial charge in [-0.05, 0) is 162 Å². The molecule has 6 aromatic heterocycles. The van der Waals surface area contributed by atoms with Gasteiger partial charge in [0, 0.05) is 115 Å². The standard InChI is InChI=1S/C16H24N4O2.4C15H21FN4O.C15H22N4O2.6H2S/c1-3-4-5-11(8-9-21)18-15-13-7-6-12(22-2)10-14(13)19-16(17)20-15;1-2-3-5-10(8-9-21)18-14-13-11(16)6-4-7-12(13)19-15(17)20-14;1-2-3-5-10(8-9-21)18-14-11-6-4-7-12(16)13(11)19-15(17)20-14;1-2-3-4-11(7-8-21)18-14-12-9-10(16)5-6-13(12)19-15(17)20-14;1-2-3-4-11(7-8-21)18-14-12-6-5-10(16)9-13(12)19-15(17)20-14;1-3-4-10(7-8-20)17-14-12-9-11(21-2)5-6-13(12)18-15(16)19-14;;;;;;/h6-7,10-11,21H,3-5,8-9H2,1-2H3,(H3,17,18,19,20);2*4,6-7,10,21H,2-3,5,8-9H2,1H3,(H3,17,18,19,20);2*5-6,9,11,21H,2-4,7-8H2,1H3,(H3,17,18,19,20);5-6,9-10,20H,3-4,7-8H2,1-2H3,(H3,16,17,18,19);6*1H2/t11-;2*10-;2*11-;10-;;;;;;/m000000....../s1. The van der Waals surface area contributed by atoms with Crippen molar-refractivity contribution in [3.63, 3.8) is 0 Å². The van der Waals surface area contributed by atoms with Crippen molar-refractivity contribution in [3.05, 3.63) is 132 Å². The number of methoxy groups -OCH3 is 2. The molecule has 0 aliphatic heterocycles. The zero-order chi connectivity index (χ0) is 92.2.